The van der Waals surface area contributed by atoms with Gasteiger partial charge in [-0.3, -0.25) is 0 Å². The largest absolute Gasteiger partial charge is 0.306 e. The van der Waals surface area contributed by atoms with E-state index < -0.39 is 15.8 Å². The molecule has 0 aliphatic rings. The van der Waals surface area contributed by atoms with Crippen LogP contribution in [0.15, 0.2) is 66.1 Å². The number of benzene rings is 2. The molecule has 0 unspecified atom stereocenters. The SMILES string of the molecule is Cc1ccc(S(=O)(=O)NCc2ccccc2-n2ccnc2)cc1F. The number of nitrogens with one attached hydrogen (secondary N) is 1. The van der Waals surface area contributed by atoms with Gasteiger partial charge < -0.3 is 4.57 Å². The summed E-state index contributed by atoms with van der Waals surface area (Å²) in [5, 5.41) is 0. The van der Waals surface area contributed by atoms with Crippen LogP contribution < -0.4 is 4.72 Å². The molecule has 7 heteroatoms. The van der Waals surface area contributed by atoms with E-state index in [0.29, 0.717) is 5.56 Å². The summed E-state index contributed by atoms with van der Waals surface area (Å²) in [5.41, 5.74) is 2.01. The van der Waals surface area contributed by atoms with Crippen molar-refractivity contribution in [3.63, 3.8) is 0 Å². The van der Waals surface area contributed by atoms with Crippen molar-refractivity contribution in [3.8, 4) is 5.69 Å². The van der Waals surface area contributed by atoms with Gasteiger partial charge >= 0.3 is 0 Å². The van der Waals surface area contributed by atoms with Crippen LogP contribution in [0.25, 0.3) is 5.69 Å². The predicted molar refractivity (Wildman–Crippen MR) is 88.7 cm³/mol. The maximum Gasteiger partial charge on any atom is 0.240 e. The van der Waals surface area contributed by atoms with Crippen molar-refractivity contribution in [2.24, 2.45) is 0 Å². The van der Waals surface area contributed by atoms with E-state index in [1.54, 1.807) is 30.2 Å². The second-order valence-electron chi connectivity index (χ2n) is 5.33. The maximum absolute atomic E-state index is 13.6. The first-order valence-corrected chi connectivity index (χ1v) is 8.78. The average molecular weight is 345 g/mol. The fourth-order valence-electron chi connectivity index (χ4n) is 2.31. The Morgan fingerprint density at radius 1 is 1.21 bits per heavy atom. The molecule has 3 aromatic rings. The molecular weight excluding hydrogens is 329 g/mol. The van der Waals surface area contributed by atoms with Crippen LogP contribution in [0.2, 0.25) is 0 Å². The molecule has 0 atom stereocenters. The predicted octanol–water partition coefficient (Wildman–Crippen LogP) is 2.80. The van der Waals surface area contributed by atoms with Gasteiger partial charge in [-0.25, -0.2) is 22.5 Å². The molecule has 1 aromatic heterocycles. The number of hydrogen-bond donors (Lipinski definition) is 1. The molecule has 3 rings (SSSR count). The van der Waals surface area contributed by atoms with Gasteiger partial charge in [0.25, 0.3) is 0 Å². The lowest BCUT2D eigenvalue weighted by Crippen LogP contribution is -2.24. The van der Waals surface area contributed by atoms with Gasteiger partial charge in [0, 0.05) is 18.9 Å². The molecule has 2 aromatic carbocycles. The summed E-state index contributed by atoms with van der Waals surface area (Å²) in [7, 11) is -3.80. The van der Waals surface area contributed by atoms with Crippen molar-refractivity contribution in [3.05, 3.63) is 78.1 Å². The van der Waals surface area contributed by atoms with Gasteiger partial charge in [-0.1, -0.05) is 24.3 Å². The van der Waals surface area contributed by atoms with Crippen LogP contribution in [0.4, 0.5) is 4.39 Å². The first kappa shape index (κ1) is 16.4. The fraction of sp³-hybridized carbons (Fsp3) is 0.118. The first-order valence-electron chi connectivity index (χ1n) is 7.29. The summed E-state index contributed by atoms with van der Waals surface area (Å²) in [6.07, 6.45) is 5.07. The van der Waals surface area contributed by atoms with Crippen LogP contribution in [0.5, 0.6) is 0 Å². The highest BCUT2D eigenvalue weighted by atomic mass is 32.2. The minimum absolute atomic E-state index is 0.0895. The number of para-hydroxylation sites is 1. The Hall–Kier alpha value is -2.51. The van der Waals surface area contributed by atoms with E-state index in [1.165, 1.54) is 12.1 Å². The van der Waals surface area contributed by atoms with Crippen LogP contribution in [-0.4, -0.2) is 18.0 Å². The molecule has 124 valence electrons. The standard InChI is InChI=1S/C17H16FN3O2S/c1-13-6-7-15(10-16(13)18)24(22,23)20-11-14-4-2-3-5-17(14)21-9-8-19-12-21/h2-10,12,20H,11H2,1H3. The lowest BCUT2D eigenvalue weighted by atomic mass is 10.2. The third kappa shape index (κ3) is 3.37. The third-order valence-electron chi connectivity index (χ3n) is 3.68. The number of hydrogen-bond acceptors (Lipinski definition) is 3. The summed E-state index contributed by atoms with van der Waals surface area (Å²) in [6.45, 7) is 1.67. The van der Waals surface area contributed by atoms with Gasteiger partial charge in [-0.05, 0) is 36.2 Å². The van der Waals surface area contributed by atoms with Gasteiger partial charge in [0.1, 0.15) is 5.82 Å². The second-order valence-corrected chi connectivity index (χ2v) is 7.10. The van der Waals surface area contributed by atoms with E-state index in [1.807, 2.05) is 24.3 Å². The molecule has 5 nitrogen and oxygen atoms in total. The van der Waals surface area contributed by atoms with E-state index in [2.05, 4.69) is 9.71 Å². The maximum atomic E-state index is 13.6. The normalized spacial score (nSPS) is 11.6. The van der Waals surface area contributed by atoms with Crippen molar-refractivity contribution in [2.75, 3.05) is 0 Å². The second kappa shape index (κ2) is 6.54. The fourth-order valence-corrected chi connectivity index (χ4v) is 3.33. The quantitative estimate of drug-likeness (QED) is 0.773. The highest BCUT2D eigenvalue weighted by molar-refractivity contribution is 7.89. The molecule has 1 heterocycles. The van der Waals surface area contributed by atoms with Crippen LogP contribution in [0, 0.1) is 12.7 Å². The summed E-state index contributed by atoms with van der Waals surface area (Å²) in [4.78, 5) is 3.90. The molecule has 0 amide bonds. The Kier molecular flexibility index (Phi) is 4.46. The van der Waals surface area contributed by atoms with E-state index in [4.69, 9.17) is 0 Å². The number of aryl methyl sites for hydroxylation is 1. The Bertz CT molecular complexity index is 954. The lowest BCUT2D eigenvalue weighted by molar-refractivity contribution is 0.576. The molecule has 0 fully saturated rings. The Labute approximate surface area is 139 Å². The zero-order valence-electron chi connectivity index (χ0n) is 13.0. The Balaban J connectivity index is 1.84. The lowest BCUT2D eigenvalue weighted by Gasteiger charge is -2.12. The number of aromatic nitrogens is 2. The van der Waals surface area contributed by atoms with Crippen molar-refractivity contribution in [1.82, 2.24) is 14.3 Å². The van der Waals surface area contributed by atoms with E-state index in [-0.39, 0.29) is 11.4 Å². The van der Waals surface area contributed by atoms with Gasteiger partial charge in [-0.2, -0.15) is 0 Å². The highest BCUT2D eigenvalue weighted by Crippen LogP contribution is 2.17. The van der Waals surface area contributed by atoms with E-state index >= 15 is 0 Å². The molecule has 0 saturated carbocycles. The van der Waals surface area contributed by atoms with Gasteiger partial charge in [0.15, 0.2) is 0 Å². The summed E-state index contributed by atoms with van der Waals surface area (Å²) >= 11 is 0. The molecule has 1 N–H and O–H groups in total. The topological polar surface area (TPSA) is 64.0 Å². The molecule has 0 bridgehead atoms. The number of imidazole rings is 1. The number of rotatable bonds is 5. The first-order chi connectivity index (χ1) is 11.5. The van der Waals surface area contributed by atoms with Gasteiger partial charge in [0.2, 0.25) is 10.0 Å². The van der Waals surface area contributed by atoms with Crippen molar-refractivity contribution in [1.29, 1.82) is 0 Å². The summed E-state index contributed by atoms with van der Waals surface area (Å²) in [5.74, 6) is -0.545. The van der Waals surface area contributed by atoms with Crippen LogP contribution in [0.1, 0.15) is 11.1 Å². The smallest absolute Gasteiger partial charge is 0.240 e. The molecule has 24 heavy (non-hydrogen) atoms. The van der Waals surface area contributed by atoms with Gasteiger partial charge in [0.05, 0.1) is 16.9 Å². The minimum atomic E-state index is -3.80. The third-order valence-corrected chi connectivity index (χ3v) is 5.08. The van der Waals surface area contributed by atoms with Crippen molar-refractivity contribution >= 4 is 10.0 Å². The molecule has 0 saturated heterocycles. The van der Waals surface area contributed by atoms with Crippen molar-refractivity contribution in [2.45, 2.75) is 18.4 Å². The molecule has 0 aliphatic carbocycles. The monoisotopic (exact) mass is 345 g/mol. The average Bonchev–Trinajstić information content (AvgIpc) is 3.10. The number of nitrogens with zero attached hydrogens (tertiary/aromatic N) is 2. The molecule has 0 spiro atoms. The summed E-state index contributed by atoms with van der Waals surface area (Å²) < 4.78 is 42.7. The molecule has 0 aliphatic heterocycles. The summed E-state index contributed by atoms with van der Waals surface area (Å²) in [6, 6.07) is 11.3. The highest BCUT2D eigenvalue weighted by Gasteiger charge is 2.16. The molecular formula is C17H16FN3O2S. The van der Waals surface area contributed by atoms with E-state index in [0.717, 1.165) is 17.3 Å². The minimum Gasteiger partial charge on any atom is -0.306 e. The van der Waals surface area contributed by atoms with E-state index in [9.17, 15) is 12.8 Å². The Morgan fingerprint density at radius 2 is 2.00 bits per heavy atom. The molecule has 0 radical (unpaired) electrons. The zero-order valence-corrected chi connectivity index (χ0v) is 13.8. The zero-order chi connectivity index (χ0) is 17.2. The van der Waals surface area contributed by atoms with Crippen LogP contribution >= 0.6 is 0 Å². The number of halogens is 1. The Morgan fingerprint density at radius 3 is 2.71 bits per heavy atom. The van der Waals surface area contributed by atoms with Crippen LogP contribution in [0.3, 0.4) is 0 Å². The van der Waals surface area contributed by atoms with Crippen molar-refractivity contribution < 1.29 is 12.8 Å². The number of sulfonamides is 1. The van der Waals surface area contributed by atoms with Crippen LogP contribution in [-0.2, 0) is 16.6 Å². The van der Waals surface area contributed by atoms with Gasteiger partial charge in [-0.15, -0.1) is 0 Å².